The van der Waals surface area contributed by atoms with Crippen LogP contribution >= 0.6 is 0 Å². The number of benzene rings is 6. The van der Waals surface area contributed by atoms with Gasteiger partial charge < -0.3 is 14.4 Å². The first-order valence-corrected chi connectivity index (χ1v) is 13.6. The lowest BCUT2D eigenvalue weighted by Gasteiger charge is -2.33. The van der Waals surface area contributed by atoms with E-state index in [0.717, 1.165) is 56.6 Å². The van der Waals surface area contributed by atoms with Crippen molar-refractivity contribution in [2.45, 2.75) is 0 Å². The summed E-state index contributed by atoms with van der Waals surface area (Å²) >= 11 is 0. The summed E-state index contributed by atoms with van der Waals surface area (Å²) in [5.41, 5.74) is 8.92. The van der Waals surface area contributed by atoms with Crippen LogP contribution in [-0.4, -0.2) is 6.71 Å². The van der Waals surface area contributed by atoms with Crippen molar-refractivity contribution >= 4 is 40.2 Å². The van der Waals surface area contributed by atoms with E-state index >= 15 is 0 Å². The number of para-hydroxylation sites is 4. The summed E-state index contributed by atoms with van der Waals surface area (Å²) < 4.78 is 13.0. The van der Waals surface area contributed by atoms with Gasteiger partial charge in [0.1, 0.15) is 23.0 Å². The first kappa shape index (κ1) is 22.7. The van der Waals surface area contributed by atoms with Crippen molar-refractivity contribution in [3.8, 4) is 34.1 Å². The minimum Gasteiger partial charge on any atom is -0.458 e. The Kier molecular flexibility index (Phi) is 5.24. The Hall–Kier alpha value is -5.22. The molecule has 0 fully saturated rings. The first-order chi connectivity index (χ1) is 19.8. The zero-order chi connectivity index (χ0) is 26.5. The smallest absolute Gasteiger partial charge is 0.260 e. The standard InChI is InChI=1S/C36H24BNO2/c1-3-11-27(12-4-1)38(28-13-5-2-6-14-28)29-21-19-25(20-22-29)26-23-34-36-35(24-26)40-33-18-10-8-16-31(33)37(36)30-15-7-9-17-32(30)39-34/h1-24H. The van der Waals surface area contributed by atoms with Gasteiger partial charge in [0.25, 0.3) is 6.71 Å². The van der Waals surface area contributed by atoms with Gasteiger partial charge in [0.05, 0.1) is 0 Å². The second-order valence-corrected chi connectivity index (χ2v) is 10.2. The number of hydrogen-bond donors (Lipinski definition) is 0. The maximum absolute atomic E-state index is 6.49. The average Bonchev–Trinajstić information content (AvgIpc) is 3.02. The molecule has 0 saturated carbocycles. The molecule has 3 nitrogen and oxygen atoms in total. The van der Waals surface area contributed by atoms with Crippen LogP contribution in [0.5, 0.6) is 23.0 Å². The van der Waals surface area contributed by atoms with E-state index in [-0.39, 0.29) is 6.71 Å². The number of hydrogen-bond acceptors (Lipinski definition) is 3. The minimum absolute atomic E-state index is 0.0848. The molecule has 188 valence electrons. The summed E-state index contributed by atoms with van der Waals surface area (Å²) in [5, 5.41) is 0. The second-order valence-electron chi connectivity index (χ2n) is 10.2. The Bertz CT molecular complexity index is 1740. The molecule has 0 atom stereocenters. The lowest BCUT2D eigenvalue weighted by molar-refractivity contribution is 0.465. The zero-order valence-corrected chi connectivity index (χ0v) is 21.7. The number of nitrogens with zero attached hydrogens (tertiary/aromatic N) is 1. The van der Waals surface area contributed by atoms with Crippen molar-refractivity contribution in [1.29, 1.82) is 0 Å². The average molecular weight is 513 g/mol. The summed E-state index contributed by atoms with van der Waals surface area (Å²) in [6.45, 7) is 0.0848. The predicted molar refractivity (Wildman–Crippen MR) is 164 cm³/mol. The molecule has 0 radical (unpaired) electrons. The van der Waals surface area contributed by atoms with E-state index in [2.05, 4.69) is 126 Å². The Morgan fingerprint density at radius 2 is 0.850 bits per heavy atom. The van der Waals surface area contributed by atoms with Gasteiger partial charge in [-0.3, -0.25) is 0 Å². The van der Waals surface area contributed by atoms with Crippen molar-refractivity contribution in [1.82, 2.24) is 0 Å². The van der Waals surface area contributed by atoms with Crippen LogP contribution in [0.4, 0.5) is 17.1 Å². The topological polar surface area (TPSA) is 21.7 Å². The molecule has 8 rings (SSSR count). The van der Waals surface area contributed by atoms with Gasteiger partial charge in [-0.05, 0) is 82.7 Å². The van der Waals surface area contributed by atoms with E-state index in [0.29, 0.717) is 0 Å². The van der Waals surface area contributed by atoms with Gasteiger partial charge in [-0.15, -0.1) is 0 Å². The third kappa shape index (κ3) is 3.69. The van der Waals surface area contributed by atoms with Gasteiger partial charge in [0.2, 0.25) is 0 Å². The predicted octanol–water partition coefficient (Wildman–Crippen LogP) is 7.55. The van der Waals surface area contributed by atoms with E-state index in [1.165, 1.54) is 10.9 Å². The Morgan fingerprint density at radius 1 is 0.400 bits per heavy atom. The van der Waals surface area contributed by atoms with E-state index in [1.54, 1.807) is 0 Å². The molecule has 0 aromatic heterocycles. The monoisotopic (exact) mass is 513 g/mol. The van der Waals surface area contributed by atoms with Crippen molar-refractivity contribution in [2.24, 2.45) is 0 Å². The molecule has 0 aliphatic carbocycles. The molecule has 2 aliphatic rings. The van der Waals surface area contributed by atoms with Gasteiger partial charge in [-0.1, -0.05) is 84.9 Å². The van der Waals surface area contributed by atoms with Gasteiger partial charge in [0, 0.05) is 22.5 Å². The lowest BCUT2D eigenvalue weighted by atomic mass is 9.35. The quantitative estimate of drug-likeness (QED) is 0.227. The van der Waals surface area contributed by atoms with Gasteiger partial charge in [-0.25, -0.2) is 0 Å². The van der Waals surface area contributed by atoms with Gasteiger partial charge in [0.15, 0.2) is 0 Å². The highest BCUT2D eigenvalue weighted by molar-refractivity contribution is 6.98. The van der Waals surface area contributed by atoms with Crippen LogP contribution < -0.4 is 30.8 Å². The summed E-state index contributed by atoms with van der Waals surface area (Å²) in [5.74, 6) is 3.50. The normalized spacial score (nSPS) is 12.3. The van der Waals surface area contributed by atoms with Crippen LogP contribution in [0.25, 0.3) is 11.1 Å². The molecule has 0 N–H and O–H groups in total. The lowest BCUT2D eigenvalue weighted by Crippen LogP contribution is -2.57. The summed E-state index contributed by atoms with van der Waals surface area (Å²) in [6.07, 6.45) is 0. The summed E-state index contributed by atoms with van der Waals surface area (Å²) in [6, 6.07) is 50.6. The van der Waals surface area contributed by atoms with Crippen LogP contribution in [0, 0.1) is 0 Å². The van der Waals surface area contributed by atoms with Gasteiger partial charge in [-0.2, -0.15) is 0 Å². The molecule has 0 spiro atoms. The number of anilines is 3. The molecule has 0 saturated heterocycles. The molecule has 40 heavy (non-hydrogen) atoms. The zero-order valence-electron chi connectivity index (χ0n) is 21.7. The minimum atomic E-state index is 0.0848. The Labute approximate surface area is 234 Å². The van der Waals surface area contributed by atoms with Crippen LogP contribution in [0.15, 0.2) is 146 Å². The molecular weight excluding hydrogens is 489 g/mol. The second kappa shape index (κ2) is 9.21. The van der Waals surface area contributed by atoms with Crippen molar-refractivity contribution in [3.05, 3.63) is 146 Å². The third-order valence-corrected chi connectivity index (χ3v) is 7.78. The number of rotatable bonds is 4. The fourth-order valence-electron chi connectivity index (χ4n) is 5.96. The van der Waals surface area contributed by atoms with Crippen molar-refractivity contribution < 1.29 is 9.47 Å². The van der Waals surface area contributed by atoms with Crippen LogP contribution in [0.1, 0.15) is 0 Å². The highest BCUT2D eigenvalue weighted by Gasteiger charge is 2.40. The molecule has 6 aromatic rings. The number of fused-ring (bicyclic) bond motifs is 4. The van der Waals surface area contributed by atoms with Crippen molar-refractivity contribution in [3.63, 3.8) is 0 Å². The molecule has 2 aliphatic heterocycles. The van der Waals surface area contributed by atoms with E-state index in [4.69, 9.17) is 9.47 Å². The molecular formula is C36H24BNO2. The van der Waals surface area contributed by atoms with Crippen LogP contribution in [0.2, 0.25) is 0 Å². The molecule has 0 amide bonds. The fourth-order valence-corrected chi connectivity index (χ4v) is 5.96. The SMILES string of the molecule is c1ccc(N(c2ccccc2)c2ccc(-c3cc4c5c(c3)Oc3ccccc3B5c3ccccc3O4)cc2)cc1. The molecule has 4 heteroatoms. The maximum atomic E-state index is 6.49. The number of ether oxygens (including phenoxy) is 2. The maximum Gasteiger partial charge on any atom is 0.260 e. The summed E-state index contributed by atoms with van der Waals surface area (Å²) in [4.78, 5) is 2.27. The van der Waals surface area contributed by atoms with E-state index in [1.807, 2.05) is 24.3 Å². The third-order valence-electron chi connectivity index (χ3n) is 7.78. The molecule has 0 bridgehead atoms. The largest absolute Gasteiger partial charge is 0.458 e. The molecule has 6 aromatic carbocycles. The fraction of sp³-hybridized carbons (Fsp3) is 0. The van der Waals surface area contributed by atoms with Gasteiger partial charge >= 0.3 is 0 Å². The molecule has 2 heterocycles. The summed E-state index contributed by atoms with van der Waals surface area (Å²) in [7, 11) is 0. The van der Waals surface area contributed by atoms with Crippen LogP contribution in [-0.2, 0) is 0 Å². The van der Waals surface area contributed by atoms with Crippen LogP contribution in [0.3, 0.4) is 0 Å². The van der Waals surface area contributed by atoms with Crippen molar-refractivity contribution in [2.75, 3.05) is 4.90 Å². The Morgan fingerprint density at radius 3 is 1.38 bits per heavy atom. The highest BCUT2D eigenvalue weighted by atomic mass is 16.5. The van der Waals surface area contributed by atoms with E-state index in [9.17, 15) is 0 Å². The highest BCUT2D eigenvalue weighted by Crippen LogP contribution is 2.39. The molecule has 0 unspecified atom stereocenters. The Balaban J connectivity index is 1.22. The van der Waals surface area contributed by atoms with E-state index < -0.39 is 0 Å². The first-order valence-electron chi connectivity index (χ1n) is 13.6.